The molecule has 1 aliphatic carbocycles. The molecule has 0 spiro atoms. The Morgan fingerprint density at radius 2 is 1.79 bits per heavy atom. The highest BCUT2D eigenvalue weighted by Crippen LogP contribution is 2.17. The Hall–Kier alpha value is -2.33. The number of quaternary nitrogens is 1. The Labute approximate surface area is 143 Å². The zero-order valence-corrected chi connectivity index (χ0v) is 14.3. The van der Waals surface area contributed by atoms with Gasteiger partial charge in [0, 0.05) is 24.1 Å². The first kappa shape index (κ1) is 16.5. The van der Waals surface area contributed by atoms with Gasteiger partial charge in [0.25, 0.3) is 5.91 Å². The van der Waals surface area contributed by atoms with Gasteiger partial charge in [0.15, 0.2) is 6.54 Å². The van der Waals surface area contributed by atoms with E-state index in [0.717, 1.165) is 18.0 Å². The van der Waals surface area contributed by atoms with Crippen LogP contribution in [0.1, 0.15) is 24.0 Å². The van der Waals surface area contributed by atoms with Crippen LogP contribution in [0.3, 0.4) is 0 Å². The summed E-state index contributed by atoms with van der Waals surface area (Å²) in [5, 5.41) is 3.01. The van der Waals surface area contributed by atoms with Gasteiger partial charge in [-0.05, 0) is 43.3 Å². The van der Waals surface area contributed by atoms with E-state index in [1.54, 1.807) is 7.11 Å². The Morgan fingerprint density at radius 1 is 1.12 bits per heavy atom. The summed E-state index contributed by atoms with van der Waals surface area (Å²) in [6.07, 6.45) is 2.42. The van der Waals surface area contributed by atoms with Crippen molar-refractivity contribution < 1.29 is 14.4 Å². The molecule has 1 aliphatic rings. The van der Waals surface area contributed by atoms with Crippen LogP contribution in [0.25, 0.3) is 0 Å². The van der Waals surface area contributed by atoms with Crippen molar-refractivity contribution in [2.75, 3.05) is 19.0 Å². The number of rotatable bonds is 7. The van der Waals surface area contributed by atoms with Crippen LogP contribution in [-0.4, -0.2) is 25.6 Å². The number of aryl methyl sites for hydroxylation is 1. The standard InChI is InChI=1S/C20H24N2O2/c1-15-3-7-17(8-4-15)21-20(23)14-22(18-9-10-18)13-16-5-11-19(24-2)12-6-16/h3-8,11-12,18H,9-10,13-14H2,1-2H3,(H,21,23)/p+1. The quantitative estimate of drug-likeness (QED) is 0.819. The molecule has 1 amide bonds. The number of methoxy groups -OCH3 is 1. The first-order valence-corrected chi connectivity index (χ1v) is 8.48. The number of carbonyl (C=O) groups is 1. The summed E-state index contributed by atoms with van der Waals surface area (Å²) >= 11 is 0. The van der Waals surface area contributed by atoms with E-state index in [9.17, 15) is 4.79 Å². The molecule has 4 nitrogen and oxygen atoms in total. The molecular weight excluding hydrogens is 300 g/mol. The third-order valence-electron chi connectivity index (χ3n) is 4.47. The molecule has 4 heteroatoms. The molecule has 1 unspecified atom stereocenters. The molecule has 0 heterocycles. The normalized spacial score (nSPS) is 14.9. The maximum absolute atomic E-state index is 12.4. The van der Waals surface area contributed by atoms with Gasteiger partial charge in [-0.1, -0.05) is 17.7 Å². The third-order valence-corrected chi connectivity index (χ3v) is 4.47. The molecule has 0 aliphatic heterocycles. The second kappa shape index (κ2) is 7.49. The fraction of sp³-hybridized carbons (Fsp3) is 0.350. The molecule has 1 atom stereocenters. The molecule has 1 saturated carbocycles. The summed E-state index contributed by atoms with van der Waals surface area (Å²) in [6, 6.07) is 16.7. The second-order valence-corrected chi connectivity index (χ2v) is 6.55. The van der Waals surface area contributed by atoms with Crippen LogP contribution in [0, 0.1) is 6.92 Å². The van der Waals surface area contributed by atoms with Gasteiger partial charge in [-0.15, -0.1) is 0 Å². The van der Waals surface area contributed by atoms with Crippen LogP contribution in [0.5, 0.6) is 5.75 Å². The fourth-order valence-electron chi connectivity index (χ4n) is 2.90. The van der Waals surface area contributed by atoms with Crippen LogP contribution >= 0.6 is 0 Å². The van der Waals surface area contributed by atoms with Crippen molar-refractivity contribution in [1.82, 2.24) is 0 Å². The van der Waals surface area contributed by atoms with Crippen molar-refractivity contribution in [2.24, 2.45) is 0 Å². The summed E-state index contributed by atoms with van der Waals surface area (Å²) in [5.74, 6) is 0.943. The Kier molecular flexibility index (Phi) is 5.16. The third kappa shape index (κ3) is 4.59. The summed E-state index contributed by atoms with van der Waals surface area (Å²) < 4.78 is 5.20. The van der Waals surface area contributed by atoms with E-state index in [4.69, 9.17) is 4.74 Å². The van der Waals surface area contributed by atoms with Gasteiger partial charge in [0.1, 0.15) is 12.3 Å². The van der Waals surface area contributed by atoms with E-state index in [2.05, 4.69) is 17.4 Å². The number of nitrogens with one attached hydrogen (secondary N) is 2. The summed E-state index contributed by atoms with van der Waals surface area (Å²) in [6.45, 7) is 3.42. The molecule has 24 heavy (non-hydrogen) atoms. The predicted octanol–water partition coefficient (Wildman–Crippen LogP) is 2.19. The van der Waals surface area contributed by atoms with E-state index in [1.807, 2.05) is 43.3 Å². The average Bonchev–Trinajstić information content (AvgIpc) is 3.42. The minimum atomic E-state index is 0.0780. The van der Waals surface area contributed by atoms with E-state index in [-0.39, 0.29) is 5.91 Å². The van der Waals surface area contributed by atoms with Gasteiger partial charge in [0.2, 0.25) is 0 Å². The van der Waals surface area contributed by atoms with Crippen molar-refractivity contribution in [3.63, 3.8) is 0 Å². The highest BCUT2D eigenvalue weighted by Gasteiger charge is 2.34. The van der Waals surface area contributed by atoms with Crippen LogP contribution in [-0.2, 0) is 11.3 Å². The SMILES string of the molecule is COc1ccc(C[NH+](CC(=O)Nc2ccc(C)cc2)C2CC2)cc1. The molecule has 0 radical (unpaired) electrons. The number of benzene rings is 2. The highest BCUT2D eigenvalue weighted by molar-refractivity contribution is 5.91. The maximum Gasteiger partial charge on any atom is 0.279 e. The van der Waals surface area contributed by atoms with Gasteiger partial charge in [-0.2, -0.15) is 0 Å². The molecule has 1 fully saturated rings. The van der Waals surface area contributed by atoms with Gasteiger partial charge in [-0.3, -0.25) is 4.79 Å². The Bertz CT molecular complexity index is 676. The molecule has 2 aromatic rings. The minimum Gasteiger partial charge on any atom is -0.497 e. The summed E-state index contributed by atoms with van der Waals surface area (Å²) in [4.78, 5) is 13.7. The number of hydrogen-bond acceptors (Lipinski definition) is 2. The van der Waals surface area contributed by atoms with Gasteiger partial charge in [0.05, 0.1) is 13.2 Å². The van der Waals surface area contributed by atoms with Crippen molar-refractivity contribution >= 4 is 11.6 Å². The largest absolute Gasteiger partial charge is 0.497 e. The molecule has 126 valence electrons. The van der Waals surface area contributed by atoms with Gasteiger partial charge in [-0.25, -0.2) is 0 Å². The predicted molar refractivity (Wildman–Crippen MR) is 95.4 cm³/mol. The van der Waals surface area contributed by atoms with Crippen LogP contribution in [0.2, 0.25) is 0 Å². The van der Waals surface area contributed by atoms with Crippen molar-refractivity contribution in [1.29, 1.82) is 0 Å². The summed E-state index contributed by atoms with van der Waals surface area (Å²) in [5.41, 5.74) is 3.30. The minimum absolute atomic E-state index is 0.0780. The van der Waals surface area contributed by atoms with Crippen LogP contribution < -0.4 is 15.0 Å². The molecule has 2 N–H and O–H groups in total. The molecule has 3 rings (SSSR count). The van der Waals surface area contributed by atoms with E-state index >= 15 is 0 Å². The molecule has 0 aromatic heterocycles. The number of amides is 1. The molecular formula is C20H25N2O2+. The lowest BCUT2D eigenvalue weighted by atomic mass is 10.2. The number of ether oxygens (including phenoxy) is 1. The monoisotopic (exact) mass is 325 g/mol. The fourth-order valence-corrected chi connectivity index (χ4v) is 2.90. The maximum atomic E-state index is 12.4. The van der Waals surface area contributed by atoms with Crippen molar-refractivity contribution in [2.45, 2.75) is 32.4 Å². The number of anilines is 1. The number of hydrogen-bond donors (Lipinski definition) is 2. The van der Waals surface area contributed by atoms with Crippen molar-refractivity contribution in [3.05, 3.63) is 59.7 Å². The lowest BCUT2D eigenvalue weighted by Crippen LogP contribution is -3.13. The Balaban J connectivity index is 1.58. The molecule has 0 bridgehead atoms. The molecule has 0 saturated heterocycles. The zero-order valence-electron chi connectivity index (χ0n) is 14.3. The van der Waals surface area contributed by atoms with Gasteiger partial charge >= 0.3 is 0 Å². The topological polar surface area (TPSA) is 42.8 Å². The lowest BCUT2D eigenvalue weighted by molar-refractivity contribution is -0.916. The second-order valence-electron chi connectivity index (χ2n) is 6.55. The highest BCUT2D eigenvalue weighted by atomic mass is 16.5. The first-order chi connectivity index (χ1) is 11.6. The Morgan fingerprint density at radius 3 is 2.38 bits per heavy atom. The zero-order chi connectivity index (χ0) is 16.9. The molecule has 2 aromatic carbocycles. The van der Waals surface area contributed by atoms with Gasteiger partial charge < -0.3 is 15.0 Å². The van der Waals surface area contributed by atoms with E-state index in [0.29, 0.717) is 12.6 Å². The number of carbonyl (C=O) groups excluding carboxylic acids is 1. The van der Waals surface area contributed by atoms with Crippen molar-refractivity contribution in [3.8, 4) is 5.75 Å². The smallest absolute Gasteiger partial charge is 0.279 e. The van der Waals surface area contributed by atoms with Crippen LogP contribution in [0.4, 0.5) is 5.69 Å². The average molecular weight is 325 g/mol. The van der Waals surface area contributed by atoms with E-state index in [1.165, 1.54) is 28.9 Å². The lowest BCUT2D eigenvalue weighted by Gasteiger charge is -2.19. The first-order valence-electron chi connectivity index (χ1n) is 8.48. The van der Waals surface area contributed by atoms with E-state index < -0.39 is 0 Å². The van der Waals surface area contributed by atoms with Crippen LogP contribution in [0.15, 0.2) is 48.5 Å². The summed E-state index contributed by atoms with van der Waals surface area (Å²) in [7, 11) is 1.67.